The Morgan fingerprint density at radius 3 is 1.32 bits per heavy atom. The molecule has 0 N–H and O–H groups in total. The van der Waals surface area contributed by atoms with Gasteiger partial charge >= 0.3 is 0 Å². The predicted molar refractivity (Wildman–Crippen MR) is 75.1 cm³/mol. The summed E-state index contributed by atoms with van der Waals surface area (Å²) in [6, 6.07) is 12.8. The van der Waals surface area contributed by atoms with E-state index in [4.69, 9.17) is 0 Å². The average Bonchev–Trinajstić information content (AvgIpc) is 2.90. The molecule has 3 rings (SSSR count). The first-order valence-electron chi connectivity index (χ1n) is 5.82. The molecule has 94 valence electrons. The van der Waals surface area contributed by atoms with Gasteiger partial charge in [0, 0.05) is 11.1 Å². The molecule has 0 amide bonds. The fourth-order valence-electron chi connectivity index (χ4n) is 2.00. The quantitative estimate of drug-likeness (QED) is 0.589. The SMILES string of the molecule is Fc1ccc(-c2cscc2-c2ccc(F)cc2)cc1. The molecule has 0 saturated heterocycles. The lowest BCUT2D eigenvalue weighted by Gasteiger charge is -2.05. The second kappa shape index (κ2) is 4.94. The molecular weight excluding hydrogens is 262 g/mol. The number of thiophene rings is 1. The van der Waals surface area contributed by atoms with Crippen molar-refractivity contribution in [2.45, 2.75) is 0 Å². The highest BCUT2D eigenvalue weighted by molar-refractivity contribution is 7.08. The van der Waals surface area contributed by atoms with Gasteiger partial charge in [-0.05, 0) is 46.2 Å². The van der Waals surface area contributed by atoms with Crippen LogP contribution in [-0.4, -0.2) is 0 Å². The maximum atomic E-state index is 13.0. The number of rotatable bonds is 2. The Labute approximate surface area is 114 Å². The van der Waals surface area contributed by atoms with Gasteiger partial charge in [0.15, 0.2) is 0 Å². The number of benzene rings is 2. The Bertz CT molecular complexity index is 622. The van der Waals surface area contributed by atoms with Crippen LogP contribution < -0.4 is 0 Å². The second-order valence-corrected chi connectivity index (χ2v) is 4.96. The minimum atomic E-state index is -0.248. The lowest BCUT2D eigenvalue weighted by molar-refractivity contribution is 0.627. The van der Waals surface area contributed by atoms with Gasteiger partial charge in [-0.3, -0.25) is 0 Å². The van der Waals surface area contributed by atoms with E-state index in [1.54, 1.807) is 35.6 Å². The van der Waals surface area contributed by atoms with Crippen molar-refractivity contribution < 1.29 is 8.78 Å². The zero-order valence-electron chi connectivity index (χ0n) is 9.94. The van der Waals surface area contributed by atoms with Crippen LogP contribution in [0.15, 0.2) is 59.3 Å². The van der Waals surface area contributed by atoms with Crippen LogP contribution in [0.2, 0.25) is 0 Å². The van der Waals surface area contributed by atoms with Crippen LogP contribution in [-0.2, 0) is 0 Å². The van der Waals surface area contributed by atoms with Gasteiger partial charge in [0.1, 0.15) is 11.6 Å². The van der Waals surface area contributed by atoms with E-state index < -0.39 is 0 Å². The third kappa shape index (κ3) is 2.42. The van der Waals surface area contributed by atoms with E-state index in [1.165, 1.54) is 24.3 Å². The van der Waals surface area contributed by atoms with E-state index in [9.17, 15) is 8.78 Å². The summed E-state index contributed by atoms with van der Waals surface area (Å²) in [7, 11) is 0. The van der Waals surface area contributed by atoms with E-state index in [-0.39, 0.29) is 11.6 Å². The zero-order valence-corrected chi connectivity index (χ0v) is 10.8. The first-order chi connectivity index (χ1) is 9.24. The van der Waals surface area contributed by atoms with Gasteiger partial charge in [-0.15, -0.1) is 0 Å². The Morgan fingerprint density at radius 2 is 0.947 bits per heavy atom. The fourth-order valence-corrected chi connectivity index (χ4v) is 2.87. The Morgan fingerprint density at radius 1 is 0.579 bits per heavy atom. The summed E-state index contributed by atoms with van der Waals surface area (Å²) in [5, 5.41) is 4.04. The van der Waals surface area contributed by atoms with Crippen molar-refractivity contribution in [3.8, 4) is 22.3 Å². The molecule has 1 aromatic heterocycles. The Balaban J connectivity index is 2.07. The number of hydrogen-bond acceptors (Lipinski definition) is 1. The van der Waals surface area contributed by atoms with Gasteiger partial charge in [-0.25, -0.2) is 8.78 Å². The summed E-state index contributed by atoms with van der Waals surface area (Å²) in [5.41, 5.74) is 4.00. The minimum Gasteiger partial charge on any atom is -0.207 e. The second-order valence-electron chi connectivity index (χ2n) is 4.21. The molecule has 0 saturated carbocycles. The van der Waals surface area contributed by atoms with Crippen LogP contribution in [0.25, 0.3) is 22.3 Å². The van der Waals surface area contributed by atoms with Gasteiger partial charge in [-0.2, -0.15) is 11.3 Å². The molecule has 0 unspecified atom stereocenters. The summed E-state index contributed by atoms with van der Waals surface area (Å²) in [6.45, 7) is 0. The highest BCUT2D eigenvalue weighted by atomic mass is 32.1. The summed E-state index contributed by atoms with van der Waals surface area (Å²) in [5.74, 6) is -0.496. The predicted octanol–water partition coefficient (Wildman–Crippen LogP) is 5.36. The van der Waals surface area contributed by atoms with Gasteiger partial charge in [-0.1, -0.05) is 24.3 Å². The van der Waals surface area contributed by atoms with Crippen LogP contribution in [0, 0.1) is 11.6 Å². The maximum absolute atomic E-state index is 13.0. The highest BCUT2D eigenvalue weighted by Crippen LogP contribution is 2.35. The number of halogens is 2. The molecule has 1 heterocycles. The van der Waals surface area contributed by atoms with Crippen LogP contribution in [0.1, 0.15) is 0 Å². The molecule has 2 aromatic carbocycles. The van der Waals surface area contributed by atoms with Crippen molar-refractivity contribution >= 4 is 11.3 Å². The molecule has 0 aliphatic rings. The van der Waals surface area contributed by atoms with Crippen LogP contribution in [0.3, 0.4) is 0 Å². The average molecular weight is 272 g/mol. The normalized spacial score (nSPS) is 10.6. The monoisotopic (exact) mass is 272 g/mol. The molecule has 0 spiro atoms. The largest absolute Gasteiger partial charge is 0.207 e. The fraction of sp³-hybridized carbons (Fsp3) is 0. The Hall–Kier alpha value is -2.00. The van der Waals surface area contributed by atoms with E-state index in [0.29, 0.717) is 0 Å². The molecule has 0 nitrogen and oxygen atoms in total. The van der Waals surface area contributed by atoms with Crippen molar-refractivity contribution in [1.82, 2.24) is 0 Å². The summed E-state index contributed by atoms with van der Waals surface area (Å²) >= 11 is 1.58. The lowest BCUT2D eigenvalue weighted by atomic mass is 9.99. The van der Waals surface area contributed by atoms with Gasteiger partial charge in [0.2, 0.25) is 0 Å². The van der Waals surface area contributed by atoms with Crippen LogP contribution in [0.4, 0.5) is 8.78 Å². The van der Waals surface area contributed by atoms with E-state index >= 15 is 0 Å². The lowest BCUT2D eigenvalue weighted by Crippen LogP contribution is -1.82. The maximum Gasteiger partial charge on any atom is 0.123 e. The minimum absolute atomic E-state index is 0.248. The first-order valence-corrected chi connectivity index (χ1v) is 6.76. The van der Waals surface area contributed by atoms with E-state index in [0.717, 1.165) is 22.3 Å². The first kappa shape index (κ1) is 12.1. The molecule has 0 atom stereocenters. The smallest absolute Gasteiger partial charge is 0.123 e. The summed E-state index contributed by atoms with van der Waals surface area (Å²) in [6.07, 6.45) is 0. The van der Waals surface area contributed by atoms with Crippen molar-refractivity contribution in [2.75, 3.05) is 0 Å². The molecule has 3 heteroatoms. The van der Waals surface area contributed by atoms with Crippen molar-refractivity contribution in [1.29, 1.82) is 0 Å². The molecule has 0 bridgehead atoms. The van der Waals surface area contributed by atoms with Gasteiger partial charge < -0.3 is 0 Å². The van der Waals surface area contributed by atoms with Crippen molar-refractivity contribution in [3.05, 3.63) is 70.9 Å². The molecule has 0 radical (unpaired) electrons. The van der Waals surface area contributed by atoms with Crippen molar-refractivity contribution in [2.24, 2.45) is 0 Å². The Kier molecular flexibility index (Phi) is 3.13. The zero-order chi connectivity index (χ0) is 13.2. The molecule has 0 aliphatic heterocycles. The highest BCUT2D eigenvalue weighted by Gasteiger charge is 2.08. The standard InChI is InChI=1S/C16H10F2S/c17-13-5-1-11(2-6-13)15-9-19-10-16(15)12-3-7-14(18)8-4-12/h1-10H. The third-order valence-corrected chi connectivity index (χ3v) is 3.72. The van der Waals surface area contributed by atoms with Crippen LogP contribution in [0.5, 0.6) is 0 Å². The van der Waals surface area contributed by atoms with Gasteiger partial charge in [0.25, 0.3) is 0 Å². The molecule has 3 aromatic rings. The third-order valence-electron chi connectivity index (χ3n) is 2.97. The molecule has 0 aliphatic carbocycles. The van der Waals surface area contributed by atoms with E-state index in [1.807, 2.05) is 10.8 Å². The molecular formula is C16H10F2S. The molecule has 19 heavy (non-hydrogen) atoms. The van der Waals surface area contributed by atoms with E-state index in [2.05, 4.69) is 0 Å². The van der Waals surface area contributed by atoms with Gasteiger partial charge in [0.05, 0.1) is 0 Å². The summed E-state index contributed by atoms with van der Waals surface area (Å²) < 4.78 is 25.9. The van der Waals surface area contributed by atoms with Crippen molar-refractivity contribution in [3.63, 3.8) is 0 Å². The number of hydrogen-bond donors (Lipinski definition) is 0. The molecule has 0 fully saturated rings. The topological polar surface area (TPSA) is 0 Å². The van der Waals surface area contributed by atoms with Crippen LogP contribution >= 0.6 is 11.3 Å². The summed E-state index contributed by atoms with van der Waals surface area (Å²) in [4.78, 5) is 0.